The average molecular weight is 134 g/mol. The van der Waals surface area contributed by atoms with Gasteiger partial charge in [0.1, 0.15) is 0 Å². The minimum absolute atomic E-state index is 0.139. The maximum absolute atomic E-state index is 10.6. The normalized spacial score (nSPS) is 21.1. The Hall–Kier alpha value is -0.0900. The summed E-state index contributed by atoms with van der Waals surface area (Å²) in [5.74, 6) is 0. The van der Waals surface area contributed by atoms with Crippen molar-refractivity contribution >= 4 is 10.0 Å². The second-order valence-electron chi connectivity index (χ2n) is 1.89. The van der Waals surface area contributed by atoms with Gasteiger partial charge in [0.05, 0.1) is 5.25 Å². The fourth-order valence-electron chi connectivity index (χ4n) is 0.496. The van der Waals surface area contributed by atoms with Gasteiger partial charge in [-0.3, -0.25) is 0 Å². The molecule has 0 atom stereocenters. The molecule has 8 heavy (non-hydrogen) atoms. The van der Waals surface area contributed by atoms with Crippen LogP contribution in [0.25, 0.3) is 0 Å². The highest BCUT2D eigenvalue weighted by Crippen LogP contribution is 2.26. The van der Waals surface area contributed by atoms with Crippen LogP contribution < -0.4 is 4.72 Å². The standard InChI is InChI=1S/C4H8NO2S/c1-5-8(6,7)4-2-3-4/h4-5H,1-3H2. The van der Waals surface area contributed by atoms with Crippen LogP contribution in [0.5, 0.6) is 0 Å². The monoisotopic (exact) mass is 134 g/mol. The highest BCUT2D eigenvalue weighted by Gasteiger charge is 2.34. The largest absolute Gasteiger partial charge is 0.214 e. The zero-order chi connectivity index (χ0) is 6.20. The van der Waals surface area contributed by atoms with E-state index in [4.69, 9.17) is 0 Å². The summed E-state index contributed by atoms with van der Waals surface area (Å²) in [6.45, 7) is 0. The van der Waals surface area contributed by atoms with Crippen molar-refractivity contribution in [1.29, 1.82) is 0 Å². The van der Waals surface area contributed by atoms with E-state index >= 15 is 0 Å². The molecule has 1 radical (unpaired) electrons. The van der Waals surface area contributed by atoms with E-state index in [0.29, 0.717) is 0 Å². The lowest BCUT2D eigenvalue weighted by atomic mass is 11.0. The van der Waals surface area contributed by atoms with Crippen LogP contribution >= 0.6 is 0 Å². The number of hydrogen-bond acceptors (Lipinski definition) is 2. The molecule has 1 saturated carbocycles. The van der Waals surface area contributed by atoms with Crippen LogP contribution in [0.2, 0.25) is 0 Å². The Morgan fingerprint density at radius 3 is 2.12 bits per heavy atom. The van der Waals surface area contributed by atoms with Crippen LogP contribution in [0.3, 0.4) is 0 Å². The van der Waals surface area contributed by atoms with Crippen molar-refractivity contribution in [1.82, 2.24) is 4.72 Å². The van der Waals surface area contributed by atoms with Crippen LogP contribution in [0.15, 0.2) is 0 Å². The molecular weight excluding hydrogens is 126 g/mol. The Bertz CT molecular complexity index is 168. The molecule has 0 aromatic rings. The lowest BCUT2D eigenvalue weighted by Crippen LogP contribution is -2.20. The summed E-state index contributed by atoms with van der Waals surface area (Å²) in [4.78, 5) is 0. The molecule has 0 unspecified atom stereocenters. The van der Waals surface area contributed by atoms with Crippen molar-refractivity contribution in [3.63, 3.8) is 0 Å². The number of nitrogens with one attached hydrogen (secondary N) is 1. The number of sulfonamides is 1. The van der Waals surface area contributed by atoms with Gasteiger partial charge < -0.3 is 0 Å². The van der Waals surface area contributed by atoms with Gasteiger partial charge in [0, 0.05) is 7.05 Å². The molecule has 0 aliphatic heterocycles. The van der Waals surface area contributed by atoms with Crippen molar-refractivity contribution in [2.24, 2.45) is 0 Å². The third-order valence-corrected chi connectivity index (χ3v) is 2.92. The molecule has 0 heterocycles. The molecule has 0 spiro atoms. The third-order valence-electron chi connectivity index (χ3n) is 1.16. The molecular formula is C4H8NO2S. The van der Waals surface area contributed by atoms with Crippen molar-refractivity contribution < 1.29 is 8.42 Å². The van der Waals surface area contributed by atoms with E-state index in [2.05, 4.69) is 7.05 Å². The summed E-state index contributed by atoms with van der Waals surface area (Å²) in [5, 5.41) is -0.139. The molecule has 0 bridgehead atoms. The van der Waals surface area contributed by atoms with Gasteiger partial charge in [-0.15, -0.1) is 0 Å². The van der Waals surface area contributed by atoms with Gasteiger partial charge in [0.2, 0.25) is 10.0 Å². The molecule has 0 saturated heterocycles. The van der Waals surface area contributed by atoms with Gasteiger partial charge in [0.15, 0.2) is 0 Å². The van der Waals surface area contributed by atoms with Gasteiger partial charge in [-0.05, 0) is 12.8 Å². The third kappa shape index (κ3) is 1.00. The number of hydrogen-bond donors (Lipinski definition) is 1. The summed E-state index contributed by atoms with van der Waals surface area (Å²) in [7, 11) is 0.0945. The Morgan fingerprint density at radius 2 is 2.00 bits per heavy atom. The first kappa shape index (κ1) is 6.04. The van der Waals surface area contributed by atoms with Crippen LogP contribution in [0.1, 0.15) is 12.8 Å². The van der Waals surface area contributed by atoms with E-state index in [1.54, 1.807) is 0 Å². The molecule has 1 N–H and O–H groups in total. The highest BCUT2D eigenvalue weighted by molar-refractivity contribution is 7.90. The second-order valence-corrected chi connectivity index (χ2v) is 3.93. The predicted molar refractivity (Wildman–Crippen MR) is 30.4 cm³/mol. The molecule has 0 aromatic heterocycles. The van der Waals surface area contributed by atoms with Gasteiger partial charge in [-0.1, -0.05) is 0 Å². The molecule has 1 aliphatic carbocycles. The van der Waals surface area contributed by atoms with Crippen molar-refractivity contribution in [2.45, 2.75) is 18.1 Å². The summed E-state index contributed by atoms with van der Waals surface area (Å²) in [6.07, 6.45) is 1.59. The van der Waals surface area contributed by atoms with Crippen LogP contribution in [-0.4, -0.2) is 13.7 Å². The summed E-state index contributed by atoms with van der Waals surface area (Å²) < 4.78 is 23.2. The summed E-state index contributed by atoms with van der Waals surface area (Å²) >= 11 is 0. The fraction of sp³-hybridized carbons (Fsp3) is 0.750. The summed E-state index contributed by atoms with van der Waals surface area (Å²) in [5.41, 5.74) is 0. The second kappa shape index (κ2) is 1.70. The van der Waals surface area contributed by atoms with E-state index in [9.17, 15) is 8.42 Å². The van der Waals surface area contributed by atoms with Gasteiger partial charge >= 0.3 is 0 Å². The van der Waals surface area contributed by atoms with Gasteiger partial charge in [0.25, 0.3) is 0 Å². The first-order chi connectivity index (χ1) is 3.67. The lowest BCUT2D eigenvalue weighted by Gasteiger charge is -1.94. The average Bonchev–Trinajstić information content (AvgIpc) is 2.44. The minimum Gasteiger partial charge on any atom is -0.214 e. The first-order valence-corrected chi connectivity index (χ1v) is 3.99. The molecule has 47 valence electrons. The Balaban J connectivity index is 2.65. The number of rotatable bonds is 2. The van der Waals surface area contributed by atoms with E-state index < -0.39 is 10.0 Å². The molecule has 0 aromatic carbocycles. The van der Waals surface area contributed by atoms with Crippen LogP contribution in [0, 0.1) is 7.05 Å². The van der Waals surface area contributed by atoms with E-state index in [-0.39, 0.29) is 5.25 Å². The molecule has 3 nitrogen and oxygen atoms in total. The zero-order valence-corrected chi connectivity index (χ0v) is 5.24. The minimum atomic E-state index is -2.99. The highest BCUT2D eigenvalue weighted by atomic mass is 32.2. The van der Waals surface area contributed by atoms with Crippen LogP contribution in [-0.2, 0) is 10.0 Å². The molecule has 0 amide bonds. The van der Waals surface area contributed by atoms with Crippen LogP contribution in [0.4, 0.5) is 0 Å². The van der Waals surface area contributed by atoms with Gasteiger partial charge in [-0.25, -0.2) is 13.1 Å². The topological polar surface area (TPSA) is 46.2 Å². The molecule has 1 rings (SSSR count). The maximum atomic E-state index is 10.6. The van der Waals surface area contributed by atoms with E-state index in [0.717, 1.165) is 12.8 Å². The Labute approximate surface area is 49.1 Å². The molecule has 4 heteroatoms. The Morgan fingerprint density at radius 1 is 1.50 bits per heavy atom. The summed E-state index contributed by atoms with van der Waals surface area (Å²) in [6, 6.07) is 0. The predicted octanol–water partition coefficient (Wildman–Crippen LogP) is -0.140. The van der Waals surface area contributed by atoms with E-state index in [1.165, 1.54) is 0 Å². The lowest BCUT2D eigenvalue weighted by molar-refractivity contribution is 0.589. The first-order valence-electron chi connectivity index (χ1n) is 2.44. The Kier molecular flexibility index (Phi) is 1.28. The smallest absolute Gasteiger partial charge is 0.214 e. The van der Waals surface area contributed by atoms with Gasteiger partial charge in [-0.2, -0.15) is 0 Å². The van der Waals surface area contributed by atoms with Crippen molar-refractivity contribution in [2.75, 3.05) is 0 Å². The van der Waals surface area contributed by atoms with Crippen molar-refractivity contribution in [3.8, 4) is 0 Å². The SMILES string of the molecule is [CH2]NS(=O)(=O)C1CC1. The quantitative estimate of drug-likeness (QED) is 0.571. The van der Waals surface area contributed by atoms with Crippen molar-refractivity contribution in [3.05, 3.63) is 7.05 Å². The molecule has 1 fully saturated rings. The maximum Gasteiger partial charge on any atom is 0.214 e. The fourth-order valence-corrected chi connectivity index (χ4v) is 1.49. The molecule has 1 aliphatic rings. The zero-order valence-electron chi connectivity index (χ0n) is 4.42. The van der Waals surface area contributed by atoms with E-state index in [1.807, 2.05) is 4.72 Å².